The van der Waals surface area contributed by atoms with Gasteiger partial charge in [-0.3, -0.25) is 14.4 Å². The first kappa shape index (κ1) is 20.5. The molecule has 0 saturated carbocycles. The van der Waals surface area contributed by atoms with Crippen molar-refractivity contribution in [2.45, 2.75) is 38.6 Å². The molecule has 1 fully saturated rings. The quantitative estimate of drug-likeness (QED) is 0.713. The SMILES string of the molecule is CCCOC(=O)CCNC(=O)C1CCCN1C(=O)c1cc(Cl)cc(Cl)c1. The van der Waals surface area contributed by atoms with Gasteiger partial charge in [-0.05, 0) is 37.5 Å². The van der Waals surface area contributed by atoms with Gasteiger partial charge in [0.25, 0.3) is 5.91 Å². The van der Waals surface area contributed by atoms with Crippen LogP contribution in [0.1, 0.15) is 43.0 Å². The first-order valence-corrected chi connectivity index (χ1v) is 9.38. The van der Waals surface area contributed by atoms with Gasteiger partial charge in [-0.15, -0.1) is 0 Å². The Morgan fingerprint density at radius 1 is 1.23 bits per heavy atom. The molecule has 142 valence electrons. The molecule has 26 heavy (non-hydrogen) atoms. The number of nitrogens with zero attached hydrogens (tertiary/aromatic N) is 1. The highest BCUT2D eigenvalue weighted by molar-refractivity contribution is 6.35. The molecule has 1 N–H and O–H groups in total. The maximum Gasteiger partial charge on any atom is 0.307 e. The number of amides is 2. The van der Waals surface area contributed by atoms with E-state index in [1.54, 1.807) is 6.07 Å². The molecular formula is C18H22Cl2N2O4. The summed E-state index contributed by atoms with van der Waals surface area (Å²) >= 11 is 11.9. The number of likely N-dealkylation sites (tertiary alicyclic amines) is 1. The Hall–Kier alpha value is -1.79. The van der Waals surface area contributed by atoms with Crippen LogP contribution in [0.25, 0.3) is 0 Å². The van der Waals surface area contributed by atoms with Crippen LogP contribution in [0.4, 0.5) is 0 Å². The van der Waals surface area contributed by atoms with E-state index in [0.717, 1.165) is 12.8 Å². The molecule has 8 heteroatoms. The van der Waals surface area contributed by atoms with Crippen LogP contribution in [0.2, 0.25) is 10.0 Å². The van der Waals surface area contributed by atoms with Crippen molar-refractivity contribution in [3.63, 3.8) is 0 Å². The molecule has 1 aromatic rings. The topological polar surface area (TPSA) is 75.7 Å². The normalized spacial score (nSPS) is 16.4. The van der Waals surface area contributed by atoms with Crippen LogP contribution >= 0.6 is 23.2 Å². The Bertz CT molecular complexity index is 661. The Morgan fingerprint density at radius 3 is 2.58 bits per heavy atom. The molecule has 1 aliphatic rings. The van der Waals surface area contributed by atoms with Gasteiger partial charge in [-0.2, -0.15) is 0 Å². The Kier molecular flexibility index (Phi) is 7.72. The molecular weight excluding hydrogens is 379 g/mol. The standard InChI is InChI=1S/C18H22Cl2N2O4/c1-2-8-26-16(23)5-6-21-17(24)15-4-3-7-22(15)18(25)12-9-13(19)11-14(20)10-12/h9-11,15H,2-8H2,1H3,(H,21,24). The molecule has 0 aliphatic carbocycles. The van der Waals surface area contributed by atoms with E-state index in [1.807, 2.05) is 6.92 Å². The van der Waals surface area contributed by atoms with Gasteiger partial charge in [0.1, 0.15) is 6.04 Å². The highest BCUT2D eigenvalue weighted by atomic mass is 35.5. The summed E-state index contributed by atoms with van der Waals surface area (Å²) in [4.78, 5) is 38.1. The average Bonchev–Trinajstić information content (AvgIpc) is 3.08. The summed E-state index contributed by atoms with van der Waals surface area (Å²) in [6.07, 6.45) is 2.17. The fourth-order valence-corrected chi connectivity index (χ4v) is 3.35. The van der Waals surface area contributed by atoms with Gasteiger partial charge >= 0.3 is 5.97 Å². The zero-order valence-electron chi connectivity index (χ0n) is 14.6. The first-order valence-electron chi connectivity index (χ1n) is 8.62. The molecule has 1 saturated heterocycles. The summed E-state index contributed by atoms with van der Waals surface area (Å²) in [7, 11) is 0. The number of nitrogens with one attached hydrogen (secondary N) is 1. The van der Waals surface area contributed by atoms with Crippen LogP contribution in [0.5, 0.6) is 0 Å². The van der Waals surface area contributed by atoms with Crippen molar-refractivity contribution in [2.24, 2.45) is 0 Å². The van der Waals surface area contributed by atoms with Gasteiger partial charge in [0.05, 0.1) is 13.0 Å². The number of carbonyl (C=O) groups is 3. The fraction of sp³-hybridized carbons (Fsp3) is 0.500. The minimum atomic E-state index is -0.563. The van der Waals surface area contributed by atoms with Crippen LogP contribution in [-0.4, -0.2) is 48.4 Å². The molecule has 1 atom stereocenters. The summed E-state index contributed by atoms with van der Waals surface area (Å²) in [6.45, 7) is 2.95. The molecule has 1 heterocycles. The van der Waals surface area contributed by atoms with Gasteiger partial charge in [-0.25, -0.2) is 0 Å². The zero-order valence-corrected chi connectivity index (χ0v) is 16.1. The van der Waals surface area contributed by atoms with Crippen LogP contribution < -0.4 is 5.32 Å². The predicted octanol–water partition coefficient (Wildman–Crippen LogP) is 3.06. The largest absolute Gasteiger partial charge is 0.466 e. The van der Waals surface area contributed by atoms with Crippen molar-refractivity contribution in [1.29, 1.82) is 0 Å². The van der Waals surface area contributed by atoms with Crippen LogP contribution in [0.15, 0.2) is 18.2 Å². The predicted molar refractivity (Wildman–Crippen MR) is 99.4 cm³/mol. The summed E-state index contributed by atoms with van der Waals surface area (Å²) < 4.78 is 4.96. The van der Waals surface area contributed by atoms with Gasteiger partial charge in [0.2, 0.25) is 5.91 Å². The summed E-state index contributed by atoms with van der Waals surface area (Å²) in [5.41, 5.74) is 0.352. The molecule has 1 aliphatic heterocycles. The first-order chi connectivity index (χ1) is 12.4. The van der Waals surface area contributed by atoms with Crippen molar-refractivity contribution in [3.05, 3.63) is 33.8 Å². The maximum atomic E-state index is 12.7. The number of ether oxygens (including phenoxy) is 1. The average molecular weight is 401 g/mol. The second kappa shape index (κ2) is 9.78. The summed E-state index contributed by atoms with van der Waals surface area (Å²) in [5.74, 6) is -0.901. The number of rotatable bonds is 7. The minimum absolute atomic E-state index is 0.107. The number of hydrogen-bond donors (Lipinski definition) is 1. The van der Waals surface area contributed by atoms with E-state index < -0.39 is 6.04 Å². The minimum Gasteiger partial charge on any atom is -0.466 e. The number of hydrogen-bond acceptors (Lipinski definition) is 4. The molecule has 0 bridgehead atoms. The molecule has 2 amide bonds. The zero-order chi connectivity index (χ0) is 19.1. The second-order valence-electron chi connectivity index (χ2n) is 6.08. The van der Waals surface area contributed by atoms with E-state index in [9.17, 15) is 14.4 Å². The molecule has 1 aromatic carbocycles. The van der Waals surface area contributed by atoms with Gasteiger partial charge in [0, 0.05) is 28.7 Å². The van der Waals surface area contributed by atoms with Crippen molar-refractivity contribution in [1.82, 2.24) is 10.2 Å². The lowest BCUT2D eigenvalue weighted by atomic mass is 10.1. The van der Waals surface area contributed by atoms with E-state index in [-0.39, 0.29) is 30.7 Å². The van der Waals surface area contributed by atoms with E-state index >= 15 is 0 Å². The maximum absolute atomic E-state index is 12.7. The Labute approximate surface area is 162 Å². The number of carbonyl (C=O) groups excluding carboxylic acids is 3. The van der Waals surface area contributed by atoms with Crippen molar-refractivity contribution in [2.75, 3.05) is 19.7 Å². The third kappa shape index (κ3) is 5.61. The lowest BCUT2D eigenvalue weighted by Crippen LogP contribution is -2.46. The lowest BCUT2D eigenvalue weighted by molar-refractivity contribution is -0.143. The van der Waals surface area contributed by atoms with Crippen LogP contribution in [0, 0.1) is 0 Å². The monoisotopic (exact) mass is 400 g/mol. The molecule has 0 aromatic heterocycles. The van der Waals surface area contributed by atoms with E-state index in [0.29, 0.717) is 35.2 Å². The summed E-state index contributed by atoms with van der Waals surface area (Å²) in [5, 5.41) is 3.44. The van der Waals surface area contributed by atoms with E-state index in [4.69, 9.17) is 27.9 Å². The van der Waals surface area contributed by atoms with Crippen molar-refractivity contribution < 1.29 is 19.1 Å². The molecule has 0 spiro atoms. The fourth-order valence-electron chi connectivity index (χ4n) is 2.82. The third-order valence-electron chi connectivity index (χ3n) is 4.02. The number of esters is 1. The van der Waals surface area contributed by atoms with Gasteiger partial charge < -0.3 is 15.0 Å². The number of halogens is 2. The van der Waals surface area contributed by atoms with E-state index in [1.165, 1.54) is 17.0 Å². The highest BCUT2D eigenvalue weighted by Crippen LogP contribution is 2.24. The second-order valence-corrected chi connectivity index (χ2v) is 6.95. The summed E-state index contributed by atoms with van der Waals surface area (Å²) in [6, 6.07) is 4.05. The smallest absolute Gasteiger partial charge is 0.307 e. The molecule has 0 radical (unpaired) electrons. The lowest BCUT2D eigenvalue weighted by Gasteiger charge is -2.24. The van der Waals surface area contributed by atoms with Crippen LogP contribution in [0.3, 0.4) is 0 Å². The van der Waals surface area contributed by atoms with Crippen LogP contribution in [-0.2, 0) is 14.3 Å². The molecule has 2 rings (SSSR count). The van der Waals surface area contributed by atoms with E-state index in [2.05, 4.69) is 5.32 Å². The van der Waals surface area contributed by atoms with Gasteiger partial charge in [0.15, 0.2) is 0 Å². The molecule has 6 nitrogen and oxygen atoms in total. The van der Waals surface area contributed by atoms with Crippen molar-refractivity contribution >= 4 is 41.0 Å². The van der Waals surface area contributed by atoms with Crippen molar-refractivity contribution in [3.8, 4) is 0 Å². The highest BCUT2D eigenvalue weighted by Gasteiger charge is 2.34. The number of benzene rings is 1. The Balaban J connectivity index is 1.93. The van der Waals surface area contributed by atoms with Gasteiger partial charge in [-0.1, -0.05) is 30.1 Å². The third-order valence-corrected chi connectivity index (χ3v) is 4.46. The molecule has 1 unspecified atom stereocenters. The Morgan fingerprint density at radius 2 is 1.92 bits per heavy atom.